The van der Waals surface area contributed by atoms with Gasteiger partial charge in [0.25, 0.3) is 0 Å². The molecule has 2 aliphatic heterocycles. The lowest BCUT2D eigenvalue weighted by atomic mass is 9.86. The van der Waals surface area contributed by atoms with Crippen LogP contribution < -0.4 is 0 Å². The van der Waals surface area contributed by atoms with Crippen LogP contribution >= 0.6 is 0 Å². The number of nitrogens with zero attached hydrogens (tertiary/aromatic N) is 2. The summed E-state index contributed by atoms with van der Waals surface area (Å²) in [5.74, 6) is 0.750. The first-order valence-electron chi connectivity index (χ1n) is 9.63. The van der Waals surface area contributed by atoms with E-state index in [9.17, 15) is 0 Å². The molecular formula is C23H32N2. The number of piperazine rings is 1. The zero-order valence-electron chi connectivity index (χ0n) is 16.4. The molecule has 2 heterocycles. The van der Waals surface area contributed by atoms with Crippen molar-refractivity contribution in [3.8, 4) is 0 Å². The second-order valence-electron chi connectivity index (χ2n) is 7.56. The molecule has 3 rings (SSSR count). The van der Waals surface area contributed by atoms with Crippen LogP contribution in [-0.4, -0.2) is 28.4 Å². The minimum Gasteiger partial charge on any atom is -0.368 e. The van der Waals surface area contributed by atoms with E-state index in [0.29, 0.717) is 0 Å². The van der Waals surface area contributed by atoms with Gasteiger partial charge in [-0.15, -0.1) is 0 Å². The van der Waals surface area contributed by atoms with Crippen LogP contribution in [0, 0.1) is 5.92 Å². The molecule has 0 radical (unpaired) electrons. The Bertz CT molecular complexity index is 718. The van der Waals surface area contributed by atoms with Gasteiger partial charge in [-0.25, -0.2) is 0 Å². The van der Waals surface area contributed by atoms with Crippen LogP contribution in [0.3, 0.4) is 0 Å². The topological polar surface area (TPSA) is 6.48 Å². The molecule has 2 unspecified atom stereocenters. The molecule has 1 aliphatic carbocycles. The summed E-state index contributed by atoms with van der Waals surface area (Å²) in [5.41, 5.74) is 7.33. The van der Waals surface area contributed by atoms with Gasteiger partial charge in [-0.3, -0.25) is 0 Å². The van der Waals surface area contributed by atoms with Crippen molar-refractivity contribution < 1.29 is 0 Å². The molecule has 0 amide bonds. The van der Waals surface area contributed by atoms with Crippen LogP contribution in [-0.2, 0) is 0 Å². The number of likely N-dealkylation sites (N-methyl/N-ethyl adjacent to an activating group) is 1. The van der Waals surface area contributed by atoms with E-state index in [2.05, 4.69) is 69.5 Å². The maximum Gasteiger partial charge on any atom is 0.0726 e. The summed E-state index contributed by atoms with van der Waals surface area (Å²) in [4.78, 5) is 5.12. The van der Waals surface area contributed by atoms with Crippen molar-refractivity contribution in [2.24, 2.45) is 5.92 Å². The van der Waals surface area contributed by atoms with Crippen molar-refractivity contribution in [2.45, 2.75) is 52.5 Å². The molecule has 2 fully saturated rings. The van der Waals surface area contributed by atoms with Crippen LogP contribution in [0.15, 0.2) is 71.8 Å². The van der Waals surface area contributed by atoms with Crippen molar-refractivity contribution in [1.29, 1.82) is 0 Å². The highest BCUT2D eigenvalue weighted by Gasteiger charge is 2.61. The molecule has 0 bridgehead atoms. The first-order valence-corrected chi connectivity index (χ1v) is 9.63. The molecule has 2 nitrogen and oxygen atoms in total. The second kappa shape index (κ2) is 6.40. The first-order chi connectivity index (χ1) is 11.9. The summed E-state index contributed by atoms with van der Waals surface area (Å²) in [6.45, 7) is 23.7. The predicted molar refractivity (Wildman–Crippen MR) is 108 cm³/mol. The fourth-order valence-corrected chi connectivity index (χ4v) is 4.61. The Kier molecular flexibility index (Phi) is 4.57. The number of allylic oxidation sites excluding steroid dienone is 6. The fraction of sp³-hybridized carbons (Fsp3) is 0.478. The van der Waals surface area contributed by atoms with E-state index < -0.39 is 0 Å². The van der Waals surface area contributed by atoms with Gasteiger partial charge < -0.3 is 9.80 Å². The van der Waals surface area contributed by atoms with Crippen molar-refractivity contribution >= 4 is 0 Å². The SMILES string of the molecule is C=CC1=C2/C(=C\CC)N(CC)CC3(CC3CC)N2C=C(C(=C)C)C1=C. The molecule has 0 aromatic heterocycles. The maximum absolute atomic E-state index is 4.38. The fourth-order valence-electron chi connectivity index (χ4n) is 4.61. The summed E-state index contributed by atoms with van der Waals surface area (Å²) in [6.07, 6.45) is 10.2. The first kappa shape index (κ1) is 17.8. The van der Waals surface area contributed by atoms with Gasteiger partial charge in [-0.2, -0.15) is 0 Å². The third-order valence-electron chi connectivity index (χ3n) is 6.07. The standard InChI is InChI=1S/C23H32N2/c1-8-12-21-22-19(10-3)17(7)20(16(5)6)14-25(22)23(13-18(23)9-2)15-24(21)11-4/h10,12,14,18H,3,5,7-9,11,13,15H2,1-2,4,6H3/b21-12+. The zero-order valence-corrected chi connectivity index (χ0v) is 16.4. The smallest absolute Gasteiger partial charge is 0.0726 e. The minimum atomic E-state index is 0.223. The van der Waals surface area contributed by atoms with Gasteiger partial charge in [0.1, 0.15) is 0 Å². The lowest BCUT2D eigenvalue weighted by Gasteiger charge is -2.49. The average Bonchev–Trinajstić information content (AvgIpc) is 3.30. The Morgan fingerprint density at radius 1 is 1.36 bits per heavy atom. The molecular weight excluding hydrogens is 304 g/mol. The number of rotatable bonds is 5. The van der Waals surface area contributed by atoms with Gasteiger partial charge in [-0.1, -0.05) is 52.2 Å². The van der Waals surface area contributed by atoms with Gasteiger partial charge in [0.05, 0.1) is 16.9 Å². The Labute approximate surface area is 153 Å². The third kappa shape index (κ3) is 2.54. The number of fused-ring (bicyclic) bond motifs is 2. The lowest BCUT2D eigenvalue weighted by molar-refractivity contribution is 0.160. The summed E-state index contributed by atoms with van der Waals surface area (Å²) < 4.78 is 0. The normalized spacial score (nSPS) is 29.9. The summed E-state index contributed by atoms with van der Waals surface area (Å²) in [5, 5.41) is 0. The minimum absolute atomic E-state index is 0.223. The van der Waals surface area contributed by atoms with Crippen molar-refractivity contribution in [3.05, 3.63) is 71.8 Å². The molecule has 1 saturated heterocycles. The van der Waals surface area contributed by atoms with E-state index in [-0.39, 0.29) is 5.54 Å². The van der Waals surface area contributed by atoms with Gasteiger partial charge in [0.2, 0.25) is 0 Å². The Balaban J connectivity index is 2.23. The van der Waals surface area contributed by atoms with Crippen LogP contribution in [0.4, 0.5) is 0 Å². The quantitative estimate of drug-likeness (QED) is 0.649. The van der Waals surface area contributed by atoms with Crippen LogP contribution in [0.5, 0.6) is 0 Å². The molecule has 0 aromatic carbocycles. The molecule has 25 heavy (non-hydrogen) atoms. The lowest BCUT2D eigenvalue weighted by Crippen LogP contribution is -2.52. The highest BCUT2D eigenvalue weighted by Crippen LogP contribution is 2.58. The molecule has 3 aliphatic rings. The van der Waals surface area contributed by atoms with E-state index in [1.165, 1.54) is 35.4 Å². The molecule has 1 saturated carbocycles. The van der Waals surface area contributed by atoms with E-state index in [1.54, 1.807) is 0 Å². The van der Waals surface area contributed by atoms with Gasteiger partial charge in [0.15, 0.2) is 0 Å². The van der Waals surface area contributed by atoms with Crippen molar-refractivity contribution in [3.63, 3.8) is 0 Å². The molecule has 2 atom stereocenters. The number of hydrogen-bond donors (Lipinski definition) is 0. The largest absolute Gasteiger partial charge is 0.368 e. The van der Waals surface area contributed by atoms with Crippen LogP contribution in [0.25, 0.3) is 0 Å². The Morgan fingerprint density at radius 2 is 2.08 bits per heavy atom. The van der Waals surface area contributed by atoms with Crippen molar-refractivity contribution in [1.82, 2.24) is 9.80 Å². The molecule has 0 aromatic rings. The van der Waals surface area contributed by atoms with Gasteiger partial charge in [-0.05, 0) is 43.8 Å². The van der Waals surface area contributed by atoms with Crippen LogP contribution in [0.2, 0.25) is 0 Å². The van der Waals surface area contributed by atoms with Crippen molar-refractivity contribution in [2.75, 3.05) is 13.1 Å². The summed E-state index contributed by atoms with van der Waals surface area (Å²) in [7, 11) is 0. The van der Waals surface area contributed by atoms with Gasteiger partial charge >= 0.3 is 0 Å². The third-order valence-corrected chi connectivity index (χ3v) is 6.07. The molecule has 0 N–H and O–H groups in total. The number of hydrogen-bond acceptors (Lipinski definition) is 2. The second-order valence-corrected chi connectivity index (χ2v) is 7.56. The summed E-state index contributed by atoms with van der Waals surface area (Å²) >= 11 is 0. The van der Waals surface area contributed by atoms with E-state index in [1.807, 2.05) is 6.08 Å². The van der Waals surface area contributed by atoms with Gasteiger partial charge in [0, 0.05) is 30.4 Å². The van der Waals surface area contributed by atoms with E-state index >= 15 is 0 Å². The van der Waals surface area contributed by atoms with Crippen LogP contribution in [0.1, 0.15) is 47.0 Å². The predicted octanol–water partition coefficient (Wildman–Crippen LogP) is 5.56. The van der Waals surface area contributed by atoms with E-state index in [0.717, 1.165) is 36.6 Å². The Hall–Kier alpha value is -1.96. The monoisotopic (exact) mass is 336 g/mol. The van der Waals surface area contributed by atoms with E-state index in [4.69, 9.17) is 0 Å². The maximum atomic E-state index is 4.38. The highest BCUT2D eigenvalue weighted by atomic mass is 15.4. The summed E-state index contributed by atoms with van der Waals surface area (Å²) in [6, 6.07) is 0. The molecule has 2 heteroatoms. The highest BCUT2D eigenvalue weighted by molar-refractivity contribution is 5.65. The molecule has 1 spiro atoms. The average molecular weight is 337 g/mol. The Morgan fingerprint density at radius 3 is 2.56 bits per heavy atom. The molecule has 134 valence electrons. The zero-order chi connectivity index (χ0) is 18.4.